The fourth-order valence-electron chi connectivity index (χ4n) is 1.22. The summed E-state index contributed by atoms with van der Waals surface area (Å²) in [5, 5.41) is 0. The average Bonchev–Trinajstić information content (AvgIpc) is 2.47. The molecule has 74 valence electrons. The van der Waals surface area contributed by atoms with Crippen molar-refractivity contribution in [3.8, 4) is 0 Å². The van der Waals surface area contributed by atoms with Crippen LogP contribution in [0, 0.1) is 0 Å². The minimum Gasteiger partial charge on any atom is -0.388 e. The molecule has 2 heterocycles. The van der Waals surface area contributed by atoms with Crippen LogP contribution in [-0.2, 0) is 5.41 Å². The Hall–Kier alpha value is -1.23. The number of nitrogens with zero attached hydrogens (tertiary/aromatic N) is 2. The van der Waals surface area contributed by atoms with Gasteiger partial charge in [0.1, 0.15) is 4.70 Å². The van der Waals surface area contributed by atoms with E-state index in [1.54, 1.807) is 5.51 Å². The monoisotopic (exact) mass is 210 g/mol. The summed E-state index contributed by atoms with van der Waals surface area (Å²) in [6, 6.07) is 0. The van der Waals surface area contributed by atoms with E-state index in [9.17, 15) is 4.79 Å². The largest absolute Gasteiger partial charge is 0.440 e. The number of aromatic nitrogens is 2. The van der Waals surface area contributed by atoms with E-state index in [-0.39, 0.29) is 5.41 Å². The maximum absolute atomic E-state index is 11.1. The van der Waals surface area contributed by atoms with E-state index in [4.69, 9.17) is 4.42 Å². The molecule has 5 heteroatoms. The van der Waals surface area contributed by atoms with Crippen molar-refractivity contribution in [3.05, 3.63) is 21.8 Å². The summed E-state index contributed by atoms with van der Waals surface area (Å²) in [5.74, 6) is -0.576. The summed E-state index contributed by atoms with van der Waals surface area (Å²) in [6.07, 6.45) is 0. The number of hydrogen-bond donors (Lipinski definition) is 0. The molecule has 0 amide bonds. The summed E-state index contributed by atoms with van der Waals surface area (Å²) < 4.78 is 5.73. The molecule has 4 nitrogen and oxygen atoms in total. The number of rotatable bonds is 0. The molecule has 0 fully saturated rings. The first-order chi connectivity index (χ1) is 6.48. The molecule has 0 aliphatic heterocycles. The van der Waals surface area contributed by atoms with E-state index in [1.807, 2.05) is 20.8 Å². The van der Waals surface area contributed by atoms with Crippen LogP contribution >= 0.6 is 11.3 Å². The number of hydrogen-bond acceptors (Lipinski definition) is 5. The molecule has 0 unspecified atom stereocenters. The van der Waals surface area contributed by atoms with Crippen LogP contribution in [-0.4, -0.2) is 9.97 Å². The van der Waals surface area contributed by atoms with Gasteiger partial charge in [-0.2, -0.15) is 4.98 Å². The van der Waals surface area contributed by atoms with Crippen molar-refractivity contribution in [3.63, 3.8) is 0 Å². The first-order valence-corrected chi connectivity index (χ1v) is 5.11. The zero-order valence-corrected chi connectivity index (χ0v) is 9.01. The van der Waals surface area contributed by atoms with Crippen molar-refractivity contribution in [2.24, 2.45) is 0 Å². The van der Waals surface area contributed by atoms with Crippen LogP contribution in [0.3, 0.4) is 0 Å². The Morgan fingerprint density at radius 1 is 1.43 bits per heavy atom. The molecule has 0 bridgehead atoms. The molecule has 0 N–H and O–H groups in total. The molecule has 0 radical (unpaired) electrons. The summed E-state index contributed by atoms with van der Waals surface area (Å²) >= 11 is 1.44. The predicted octanol–water partition coefficient (Wildman–Crippen LogP) is 1.94. The SMILES string of the molecule is CC(C)(C)c1nc(=O)oc2ncsc12. The Bertz CT molecular complexity index is 521. The second-order valence-electron chi connectivity index (χ2n) is 4.07. The van der Waals surface area contributed by atoms with Gasteiger partial charge in [0.15, 0.2) is 0 Å². The Kier molecular flexibility index (Phi) is 1.92. The third-order valence-corrected chi connectivity index (χ3v) is 2.66. The van der Waals surface area contributed by atoms with E-state index in [0.29, 0.717) is 5.71 Å². The third kappa shape index (κ3) is 1.43. The van der Waals surface area contributed by atoms with Gasteiger partial charge in [0.2, 0.25) is 5.71 Å². The molecule has 0 aliphatic rings. The van der Waals surface area contributed by atoms with Crippen LogP contribution in [0.5, 0.6) is 0 Å². The Balaban J connectivity index is 2.87. The molecular formula is C9H10N2O2S. The van der Waals surface area contributed by atoms with Gasteiger partial charge in [-0.3, -0.25) is 0 Å². The molecule has 0 saturated carbocycles. The lowest BCUT2D eigenvalue weighted by Crippen LogP contribution is -2.19. The van der Waals surface area contributed by atoms with Crippen LogP contribution in [0.25, 0.3) is 10.4 Å². The van der Waals surface area contributed by atoms with Gasteiger partial charge in [-0.05, 0) is 0 Å². The Morgan fingerprint density at radius 2 is 2.14 bits per heavy atom. The molecule has 0 spiro atoms. The molecule has 0 saturated heterocycles. The highest BCUT2D eigenvalue weighted by Gasteiger charge is 2.21. The fraction of sp³-hybridized carbons (Fsp3) is 0.444. The van der Waals surface area contributed by atoms with Gasteiger partial charge in [0.05, 0.1) is 11.2 Å². The molecule has 0 atom stereocenters. The quantitative estimate of drug-likeness (QED) is 0.666. The first kappa shape index (κ1) is 9.33. The van der Waals surface area contributed by atoms with Crippen molar-refractivity contribution < 1.29 is 4.42 Å². The fourth-order valence-corrected chi connectivity index (χ4v) is 2.13. The van der Waals surface area contributed by atoms with Gasteiger partial charge < -0.3 is 4.42 Å². The lowest BCUT2D eigenvalue weighted by atomic mass is 9.92. The lowest BCUT2D eigenvalue weighted by Gasteiger charge is -2.16. The minimum absolute atomic E-state index is 0.166. The number of thiazole rings is 1. The lowest BCUT2D eigenvalue weighted by molar-refractivity contribution is 0.493. The summed E-state index contributed by atoms with van der Waals surface area (Å²) in [6.45, 7) is 6.02. The summed E-state index contributed by atoms with van der Waals surface area (Å²) in [5.41, 5.74) is 2.64. The van der Waals surface area contributed by atoms with Crippen molar-refractivity contribution in [2.75, 3.05) is 0 Å². The van der Waals surface area contributed by atoms with Gasteiger partial charge in [-0.15, -0.1) is 11.3 Å². The van der Waals surface area contributed by atoms with Crippen LogP contribution < -0.4 is 5.76 Å². The second-order valence-corrected chi connectivity index (χ2v) is 4.92. The minimum atomic E-state index is -0.576. The summed E-state index contributed by atoms with van der Waals surface area (Å²) in [7, 11) is 0. The highest BCUT2D eigenvalue weighted by Crippen LogP contribution is 2.28. The van der Waals surface area contributed by atoms with Gasteiger partial charge in [0, 0.05) is 5.41 Å². The second kappa shape index (κ2) is 2.88. The third-order valence-electron chi connectivity index (χ3n) is 1.85. The predicted molar refractivity (Wildman–Crippen MR) is 54.7 cm³/mol. The highest BCUT2D eigenvalue weighted by molar-refractivity contribution is 7.16. The Morgan fingerprint density at radius 3 is 2.79 bits per heavy atom. The maximum atomic E-state index is 11.1. The zero-order valence-electron chi connectivity index (χ0n) is 8.20. The van der Waals surface area contributed by atoms with Gasteiger partial charge in [0.25, 0.3) is 0 Å². The van der Waals surface area contributed by atoms with Crippen molar-refractivity contribution in [1.82, 2.24) is 9.97 Å². The standard InChI is InChI=1S/C9H10N2O2S/c1-9(2,3)6-5-7(10-4-14-5)13-8(12)11-6/h4H,1-3H3. The highest BCUT2D eigenvalue weighted by atomic mass is 32.1. The smallest absolute Gasteiger partial charge is 0.388 e. The van der Waals surface area contributed by atoms with Gasteiger partial charge in [-0.1, -0.05) is 20.8 Å². The van der Waals surface area contributed by atoms with Crippen LogP contribution in [0.4, 0.5) is 0 Å². The molecule has 0 aromatic carbocycles. The van der Waals surface area contributed by atoms with Gasteiger partial charge >= 0.3 is 5.76 Å². The van der Waals surface area contributed by atoms with Crippen molar-refractivity contribution in [2.45, 2.75) is 26.2 Å². The van der Waals surface area contributed by atoms with E-state index in [1.165, 1.54) is 11.3 Å². The van der Waals surface area contributed by atoms with E-state index >= 15 is 0 Å². The average molecular weight is 210 g/mol. The number of fused-ring (bicyclic) bond motifs is 1. The molecule has 2 aromatic rings. The molecule has 0 aliphatic carbocycles. The summed E-state index contributed by atoms with van der Waals surface area (Å²) in [4.78, 5) is 19.0. The van der Waals surface area contributed by atoms with Crippen LogP contribution in [0.15, 0.2) is 14.7 Å². The Labute approximate surface area is 84.6 Å². The van der Waals surface area contributed by atoms with E-state index in [0.717, 1.165) is 10.4 Å². The van der Waals surface area contributed by atoms with E-state index in [2.05, 4.69) is 9.97 Å². The molecule has 14 heavy (non-hydrogen) atoms. The van der Waals surface area contributed by atoms with E-state index < -0.39 is 5.76 Å². The first-order valence-electron chi connectivity index (χ1n) is 4.23. The maximum Gasteiger partial charge on any atom is 0.440 e. The zero-order chi connectivity index (χ0) is 10.3. The normalized spacial score (nSPS) is 12.2. The van der Waals surface area contributed by atoms with Crippen molar-refractivity contribution in [1.29, 1.82) is 0 Å². The van der Waals surface area contributed by atoms with Crippen LogP contribution in [0.2, 0.25) is 0 Å². The molecule has 2 rings (SSSR count). The topological polar surface area (TPSA) is 56.0 Å². The molecule has 2 aromatic heterocycles. The van der Waals surface area contributed by atoms with Crippen LogP contribution in [0.1, 0.15) is 26.5 Å². The van der Waals surface area contributed by atoms with Crippen molar-refractivity contribution >= 4 is 21.8 Å². The van der Waals surface area contributed by atoms with Gasteiger partial charge in [-0.25, -0.2) is 9.78 Å². The molecular weight excluding hydrogens is 200 g/mol.